The highest BCUT2D eigenvalue weighted by Gasteiger charge is 2.08. The average molecular weight is 236 g/mol. The quantitative estimate of drug-likeness (QED) is 0.886. The lowest BCUT2D eigenvalue weighted by Gasteiger charge is -2.08. The lowest BCUT2D eigenvalue weighted by atomic mass is 10.2. The maximum Gasteiger partial charge on any atom is 0.132 e. The number of ether oxygens (including phenoxy) is 1. The molecule has 0 heterocycles. The molecule has 2 aromatic rings. The van der Waals surface area contributed by atoms with E-state index in [2.05, 4.69) is 0 Å². The van der Waals surface area contributed by atoms with Crippen molar-refractivity contribution in [3.05, 3.63) is 59.7 Å². The molecule has 0 bridgehead atoms. The summed E-state index contributed by atoms with van der Waals surface area (Å²) in [6.45, 7) is -0.220. The minimum atomic E-state index is -0.648. The highest BCUT2D eigenvalue weighted by atomic mass is 19.1. The molecule has 0 spiro atoms. The molecule has 0 fully saturated rings. The van der Waals surface area contributed by atoms with E-state index in [0.29, 0.717) is 5.75 Å². The molecule has 0 saturated heterocycles. The fraction of sp³-hybridized carbons (Fsp3) is 0.0769. The van der Waals surface area contributed by atoms with Crippen molar-refractivity contribution in [1.82, 2.24) is 0 Å². The number of hydrogen-bond acceptors (Lipinski definition) is 2. The fourth-order valence-electron chi connectivity index (χ4n) is 1.40. The zero-order chi connectivity index (χ0) is 12.3. The summed E-state index contributed by atoms with van der Waals surface area (Å²) in [6.07, 6.45) is 0. The van der Waals surface area contributed by atoms with Gasteiger partial charge in [0.15, 0.2) is 0 Å². The van der Waals surface area contributed by atoms with Crippen LogP contribution >= 0.6 is 0 Å². The Morgan fingerprint density at radius 1 is 1.00 bits per heavy atom. The van der Waals surface area contributed by atoms with E-state index in [1.807, 2.05) is 0 Å². The summed E-state index contributed by atoms with van der Waals surface area (Å²) in [5.41, 5.74) is -0.129. The summed E-state index contributed by atoms with van der Waals surface area (Å²) < 4.78 is 31.7. The molecule has 1 N–H and O–H groups in total. The second kappa shape index (κ2) is 4.82. The molecule has 2 rings (SSSR count). The first kappa shape index (κ1) is 11.4. The summed E-state index contributed by atoms with van der Waals surface area (Å²) in [5.74, 6) is -0.903. The standard InChI is InChI=1S/C13H10F2O2/c14-12-5-2-6-13(15)11(12)8-17-10-4-1-3-9(16)7-10/h1-7,16H,8H2. The maximum atomic E-state index is 13.3. The van der Waals surface area contributed by atoms with Crippen molar-refractivity contribution in [3.63, 3.8) is 0 Å². The summed E-state index contributed by atoms with van der Waals surface area (Å²) in [7, 11) is 0. The fourth-order valence-corrected chi connectivity index (χ4v) is 1.40. The van der Waals surface area contributed by atoms with Crippen molar-refractivity contribution < 1.29 is 18.6 Å². The van der Waals surface area contributed by atoms with E-state index in [1.54, 1.807) is 12.1 Å². The Balaban J connectivity index is 2.13. The zero-order valence-corrected chi connectivity index (χ0v) is 8.86. The summed E-state index contributed by atoms with van der Waals surface area (Å²) in [6, 6.07) is 9.67. The van der Waals surface area contributed by atoms with Crippen molar-refractivity contribution in [3.8, 4) is 11.5 Å². The molecule has 4 heteroatoms. The number of aromatic hydroxyl groups is 1. The molecule has 2 nitrogen and oxygen atoms in total. The van der Waals surface area contributed by atoms with Crippen LogP contribution in [0.25, 0.3) is 0 Å². The van der Waals surface area contributed by atoms with Crippen molar-refractivity contribution >= 4 is 0 Å². The maximum absolute atomic E-state index is 13.3. The summed E-state index contributed by atoms with van der Waals surface area (Å²) in [4.78, 5) is 0. The Morgan fingerprint density at radius 3 is 2.29 bits per heavy atom. The predicted octanol–water partition coefficient (Wildman–Crippen LogP) is 3.25. The van der Waals surface area contributed by atoms with Gasteiger partial charge in [0, 0.05) is 6.07 Å². The van der Waals surface area contributed by atoms with Crippen LogP contribution in [0.2, 0.25) is 0 Å². The number of halogens is 2. The normalized spacial score (nSPS) is 10.2. The third-order valence-corrected chi connectivity index (χ3v) is 2.26. The predicted molar refractivity (Wildman–Crippen MR) is 58.8 cm³/mol. The molecule has 0 aliphatic heterocycles. The molecular formula is C13H10F2O2. The van der Waals surface area contributed by atoms with Gasteiger partial charge in [0.1, 0.15) is 29.7 Å². The van der Waals surface area contributed by atoms with Gasteiger partial charge in [-0.1, -0.05) is 12.1 Å². The van der Waals surface area contributed by atoms with E-state index in [1.165, 1.54) is 30.3 Å². The van der Waals surface area contributed by atoms with Crippen LogP contribution in [0, 0.1) is 11.6 Å². The van der Waals surface area contributed by atoms with Gasteiger partial charge in [-0.25, -0.2) is 8.78 Å². The minimum absolute atomic E-state index is 0.0384. The van der Waals surface area contributed by atoms with Gasteiger partial charge < -0.3 is 9.84 Å². The topological polar surface area (TPSA) is 29.5 Å². The largest absolute Gasteiger partial charge is 0.508 e. The van der Waals surface area contributed by atoms with Crippen molar-refractivity contribution in [1.29, 1.82) is 0 Å². The molecule has 0 saturated carbocycles. The van der Waals surface area contributed by atoms with Gasteiger partial charge in [-0.05, 0) is 24.3 Å². The smallest absolute Gasteiger partial charge is 0.132 e. The Morgan fingerprint density at radius 2 is 1.65 bits per heavy atom. The van der Waals surface area contributed by atoms with Crippen LogP contribution in [0.4, 0.5) is 8.78 Å². The average Bonchev–Trinajstić information content (AvgIpc) is 2.28. The number of hydrogen-bond donors (Lipinski definition) is 1. The van der Waals surface area contributed by atoms with E-state index < -0.39 is 11.6 Å². The first-order valence-corrected chi connectivity index (χ1v) is 5.01. The van der Waals surface area contributed by atoms with Crippen molar-refractivity contribution in [2.75, 3.05) is 0 Å². The molecule has 0 unspecified atom stereocenters. The monoisotopic (exact) mass is 236 g/mol. The van der Waals surface area contributed by atoms with Gasteiger partial charge in [0.05, 0.1) is 5.56 Å². The van der Waals surface area contributed by atoms with E-state index >= 15 is 0 Å². The van der Waals surface area contributed by atoms with E-state index in [-0.39, 0.29) is 17.9 Å². The Kier molecular flexibility index (Phi) is 3.23. The summed E-state index contributed by atoms with van der Waals surface area (Å²) >= 11 is 0. The Labute approximate surface area is 97.1 Å². The van der Waals surface area contributed by atoms with Crippen molar-refractivity contribution in [2.45, 2.75) is 6.61 Å². The lowest BCUT2D eigenvalue weighted by molar-refractivity contribution is 0.291. The first-order chi connectivity index (χ1) is 8.16. The second-order valence-electron chi connectivity index (χ2n) is 3.49. The van der Waals surface area contributed by atoms with E-state index in [9.17, 15) is 13.9 Å². The number of phenolic OH excluding ortho intramolecular Hbond substituents is 1. The van der Waals surface area contributed by atoms with E-state index in [0.717, 1.165) is 0 Å². The third kappa shape index (κ3) is 2.72. The van der Waals surface area contributed by atoms with Gasteiger partial charge in [-0.2, -0.15) is 0 Å². The minimum Gasteiger partial charge on any atom is -0.508 e. The van der Waals surface area contributed by atoms with Gasteiger partial charge in [-0.15, -0.1) is 0 Å². The Bertz CT molecular complexity index is 506. The van der Waals surface area contributed by atoms with Crippen LogP contribution in [0.5, 0.6) is 11.5 Å². The number of phenols is 1. The molecule has 0 aliphatic rings. The second-order valence-corrected chi connectivity index (χ2v) is 3.49. The molecule has 2 aromatic carbocycles. The van der Waals surface area contributed by atoms with Crippen LogP contribution in [0.3, 0.4) is 0 Å². The lowest BCUT2D eigenvalue weighted by Crippen LogP contribution is -2.01. The molecule has 0 radical (unpaired) electrons. The first-order valence-electron chi connectivity index (χ1n) is 5.01. The van der Waals surface area contributed by atoms with Crippen molar-refractivity contribution in [2.24, 2.45) is 0 Å². The molecule has 0 amide bonds. The molecule has 0 aromatic heterocycles. The summed E-state index contributed by atoms with van der Waals surface area (Å²) in [5, 5.41) is 9.19. The third-order valence-electron chi connectivity index (χ3n) is 2.26. The molecule has 88 valence electrons. The SMILES string of the molecule is Oc1cccc(OCc2c(F)cccc2F)c1. The molecular weight excluding hydrogens is 226 g/mol. The van der Waals surface area contributed by atoms with Gasteiger partial charge >= 0.3 is 0 Å². The van der Waals surface area contributed by atoms with Gasteiger partial charge in [0.2, 0.25) is 0 Å². The molecule has 17 heavy (non-hydrogen) atoms. The highest BCUT2D eigenvalue weighted by molar-refractivity contribution is 5.32. The van der Waals surface area contributed by atoms with Crippen LogP contribution in [0.15, 0.2) is 42.5 Å². The van der Waals surface area contributed by atoms with Crippen LogP contribution in [-0.2, 0) is 6.61 Å². The number of rotatable bonds is 3. The van der Waals surface area contributed by atoms with Gasteiger partial charge in [0.25, 0.3) is 0 Å². The van der Waals surface area contributed by atoms with E-state index in [4.69, 9.17) is 4.74 Å². The molecule has 0 aliphatic carbocycles. The molecule has 0 atom stereocenters. The van der Waals surface area contributed by atoms with Crippen LogP contribution in [-0.4, -0.2) is 5.11 Å². The zero-order valence-electron chi connectivity index (χ0n) is 8.86. The van der Waals surface area contributed by atoms with Gasteiger partial charge in [-0.3, -0.25) is 0 Å². The highest BCUT2D eigenvalue weighted by Crippen LogP contribution is 2.20. The number of benzene rings is 2. The Hall–Kier alpha value is -2.10. The van der Waals surface area contributed by atoms with Crippen LogP contribution < -0.4 is 4.74 Å². The van der Waals surface area contributed by atoms with Crippen LogP contribution in [0.1, 0.15) is 5.56 Å².